The topological polar surface area (TPSA) is 113 Å². The van der Waals surface area contributed by atoms with E-state index in [1.165, 1.54) is 25.6 Å². The monoisotopic (exact) mass is 531 g/mol. The first-order valence-corrected chi connectivity index (χ1v) is 13.5. The SMILES string of the molecule is Cn1ccc(-c2cn(-c3cncc(COc4ccc5ccc(N6CCCCC6)nc5c4)c3)c3ncnc(N)c23)n1. The van der Waals surface area contributed by atoms with E-state index >= 15 is 0 Å². The maximum atomic E-state index is 6.28. The van der Waals surface area contributed by atoms with Gasteiger partial charge in [0, 0.05) is 61.3 Å². The van der Waals surface area contributed by atoms with E-state index in [1.54, 1.807) is 10.9 Å². The quantitative estimate of drug-likeness (QED) is 0.322. The molecule has 5 aromatic heterocycles. The molecule has 200 valence electrons. The Morgan fingerprint density at radius 2 is 1.85 bits per heavy atom. The van der Waals surface area contributed by atoms with E-state index < -0.39 is 0 Å². The molecular weight excluding hydrogens is 502 g/mol. The highest BCUT2D eigenvalue weighted by Gasteiger charge is 2.18. The van der Waals surface area contributed by atoms with E-state index in [2.05, 4.69) is 43.1 Å². The molecule has 1 fully saturated rings. The average Bonchev–Trinajstić information content (AvgIpc) is 3.61. The number of pyridine rings is 2. The van der Waals surface area contributed by atoms with E-state index in [-0.39, 0.29) is 0 Å². The number of hydrogen-bond donors (Lipinski definition) is 1. The summed E-state index contributed by atoms with van der Waals surface area (Å²) in [7, 11) is 1.88. The van der Waals surface area contributed by atoms with E-state index in [1.807, 2.05) is 54.5 Å². The number of anilines is 2. The van der Waals surface area contributed by atoms with Crippen LogP contribution in [0.5, 0.6) is 5.75 Å². The minimum atomic E-state index is 0.363. The number of rotatable bonds is 6. The fourth-order valence-corrected chi connectivity index (χ4v) is 5.36. The molecule has 7 rings (SSSR count). The Hall–Kier alpha value is -4.99. The van der Waals surface area contributed by atoms with Crippen LogP contribution in [0, 0.1) is 0 Å². The Kier molecular flexibility index (Phi) is 5.99. The zero-order chi connectivity index (χ0) is 27.1. The van der Waals surface area contributed by atoms with E-state index in [0.29, 0.717) is 18.1 Å². The van der Waals surface area contributed by atoms with Crippen LogP contribution in [0.4, 0.5) is 11.6 Å². The van der Waals surface area contributed by atoms with Crippen molar-refractivity contribution in [1.29, 1.82) is 0 Å². The number of benzene rings is 1. The lowest BCUT2D eigenvalue weighted by atomic mass is 10.1. The molecule has 0 radical (unpaired) electrons. The molecule has 0 unspecified atom stereocenters. The summed E-state index contributed by atoms with van der Waals surface area (Å²) in [4.78, 5) is 20.5. The lowest BCUT2D eigenvalue weighted by Gasteiger charge is -2.27. The fraction of sp³-hybridized carbons (Fsp3) is 0.233. The van der Waals surface area contributed by atoms with Crippen molar-refractivity contribution in [2.45, 2.75) is 25.9 Å². The third kappa shape index (κ3) is 4.47. The number of nitrogens with zero attached hydrogens (tertiary/aromatic N) is 8. The highest BCUT2D eigenvalue weighted by molar-refractivity contribution is 6.00. The molecule has 0 saturated carbocycles. The van der Waals surface area contributed by atoms with Gasteiger partial charge in [0.25, 0.3) is 0 Å². The van der Waals surface area contributed by atoms with Gasteiger partial charge in [-0.05, 0) is 55.7 Å². The Morgan fingerprint density at radius 3 is 2.70 bits per heavy atom. The van der Waals surface area contributed by atoms with Crippen LogP contribution in [-0.4, -0.2) is 47.4 Å². The van der Waals surface area contributed by atoms with Crippen molar-refractivity contribution in [1.82, 2.24) is 34.3 Å². The van der Waals surface area contributed by atoms with Gasteiger partial charge in [-0.2, -0.15) is 5.10 Å². The second kappa shape index (κ2) is 9.96. The molecule has 2 N–H and O–H groups in total. The summed E-state index contributed by atoms with van der Waals surface area (Å²) in [5, 5.41) is 6.42. The normalized spacial score (nSPS) is 13.8. The third-order valence-electron chi connectivity index (χ3n) is 7.39. The molecule has 10 heteroatoms. The number of piperidine rings is 1. The van der Waals surface area contributed by atoms with Crippen molar-refractivity contribution in [3.8, 4) is 22.7 Å². The summed E-state index contributed by atoms with van der Waals surface area (Å²) in [5.74, 6) is 2.21. The van der Waals surface area contributed by atoms with Crippen LogP contribution >= 0.6 is 0 Å². The van der Waals surface area contributed by atoms with Gasteiger partial charge < -0.3 is 15.4 Å². The van der Waals surface area contributed by atoms with Gasteiger partial charge >= 0.3 is 0 Å². The summed E-state index contributed by atoms with van der Waals surface area (Å²) >= 11 is 0. The van der Waals surface area contributed by atoms with Gasteiger partial charge in [-0.1, -0.05) is 0 Å². The Morgan fingerprint density at radius 1 is 0.975 bits per heavy atom. The Labute approximate surface area is 231 Å². The summed E-state index contributed by atoms with van der Waals surface area (Å²) < 4.78 is 9.93. The maximum Gasteiger partial charge on any atom is 0.150 e. The van der Waals surface area contributed by atoms with Crippen LogP contribution in [0.1, 0.15) is 24.8 Å². The van der Waals surface area contributed by atoms with Crippen LogP contribution in [-0.2, 0) is 13.7 Å². The molecule has 0 bridgehead atoms. The number of fused-ring (bicyclic) bond motifs is 2. The van der Waals surface area contributed by atoms with Crippen LogP contribution < -0.4 is 15.4 Å². The summed E-state index contributed by atoms with van der Waals surface area (Å²) in [6.07, 6.45) is 12.7. The van der Waals surface area contributed by atoms with Gasteiger partial charge in [0.15, 0.2) is 5.65 Å². The zero-order valence-corrected chi connectivity index (χ0v) is 22.2. The average molecular weight is 532 g/mol. The minimum Gasteiger partial charge on any atom is -0.489 e. The summed E-state index contributed by atoms with van der Waals surface area (Å²) in [5.41, 5.74) is 11.3. The van der Waals surface area contributed by atoms with Crippen LogP contribution in [0.2, 0.25) is 0 Å². The van der Waals surface area contributed by atoms with E-state index in [9.17, 15) is 0 Å². The van der Waals surface area contributed by atoms with E-state index in [4.69, 9.17) is 15.5 Å². The summed E-state index contributed by atoms with van der Waals surface area (Å²) in [6.45, 7) is 2.50. The maximum absolute atomic E-state index is 6.28. The van der Waals surface area contributed by atoms with Crippen LogP contribution in [0.25, 0.3) is 38.9 Å². The second-order valence-electron chi connectivity index (χ2n) is 10.2. The molecule has 0 amide bonds. The summed E-state index contributed by atoms with van der Waals surface area (Å²) in [6, 6.07) is 14.3. The molecule has 40 heavy (non-hydrogen) atoms. The van der Waals surface area contributed by atoms with Crippen molar-refractivity contribution in [2.75, 3.05) is 23.7 Å². The molecular formula is C30H29N9O. The number of aryl methyl sites for hydroxylation is 1. The van der Waals surface area contributed by atoms with Gasteiger partial charge in [0.05, 0.1) is 28.5 Å². The van der Waals surface area contributed by atoms with Gasteiger partial charge in [-0.3, -0.25) is 14.2 Å². The molecule has 1 aliphatic heterocycles. The number of aromatic nitrogens is 7. The molecule has 1 aliphatic rings. The molecule has 1 aromatic carbocycles. The number of nitrogens with two attached hydrogens (primary N) is 1. The van der Waals surface area contributed by atoms with Crippen molar-refractivity contribution in [3.05, 3.63) is 79.1 Å². The lowest BCUT2D eigenvalue weighted by molar-refractivity contribution is 0.306. The number of ether oxygens (including phenoxy) is 1. The molecule has 0 aliphatic carbocycles. The molecule has 10 nitrogen and oxygen atoms in total. The van der Waals surface area contributed by atoms with E-state index in [0.717, 1.165) is 63.5 Å². The minimum absolute atomic E-state index is 0.363. The van der Waals surface area contributed by atoms with Crippen LogP contribution in [0.3, 0.4) is 0 Å². The molecule has 6 heterocycles. The lowest BCUT2D eigenvalue weighted by Crippen LogP contribution is -2.30. The molecule has 0 spiro atoms. The molecule has 1 saturated heterocycles. The van der Waals surface area contributed by atoms with Crippen molar-refractivity contribution >= 4 is 33.6 Å². The molecule has 0 atom stereocenters. The standard InChI is InChI=1S/C30H29N9O/c1-37-12-9-25(36-37)24-17-39(30-28(24)29(31)33-19-34-30)22-13-20(15-32-16-22)18-40-23-7-5-21-6-8-27(35-26(21)14-23)38-10-3-2-4-11-38/h5-9,12-17,19H,2-4,10-11,18H2,1H3,(H2,31,33,34). The first-order valence-electron chi connectivity index (χ1n) is 13.5. The van der Waals surface area contributed by atoms with Crippen molar-refractivity contribution in [2.24, 2.45) is 7.05 Å². The van der Waals surface area contributed by atoms with Gasteiger partial charge in [0.2, 0.25) is 0 Å². The van der Waals surface area contributed by atoms with Gasteiger partial charge in [-0.25, -0.2) is 15.0 Å². The van der Waals surface area contributed by atoms with Crippen molar-refractivity contribution in [3.63, 3.8) is 0 Å². The first kappa shape index (κ1) is 24.1. The Balaban J connectivity index is 1.16. The van der Waals surface area contributed by atoms with Crippen molar-refractivity contribution < 1.29 is 4.74 Å². The fourth-order valence-electron chi connectivity index (χ4n) is 5.36. The molecule has 6 aromatic rings. The van der Waals surface area contributed by atoms with Gasteiger partial charge in [0.1, 0.15) is 30.3 Å². The number of hydrogen-bond acceptors (Lipinski definition) is 8. The highest BCUT2D eigenvalue weighted by atomic mass is 16.5. The van der Waals surface area contributed by atoms with Crippen LogP contribution in [0.15, 0.2) is 73.6 Å². The first-order chi connectivity index (χ1) is 19.6. The predicted molar refractivity (Wildman–Crippen MR) is 155 cm³/mol. The van der Waals surface area contributed by atoms with Gasteiger partial charge in [-0.15, -0.1) is 0 Å². The number of nitrogen functional groups attached to an aromatic ring is 1. The largest absolute Gasteiger partial charge is 0.489 e. The Bertz CT molecular complexity index is 1830. The third-order valence-corrected chi connectivity index (χ3v) is 7.39. The predicted octanol–water partition coefficient (Wildman–Crippen LogP) is 4.92. The second-order valence-corrected chi connectivity index (χ2v) is 10.2. The smallest absolute Gasteiger partial charge is 0.150 e. The highest BCUT2D eigenvalue weighted by Crippen LogP contribution is 2.33. The zero-order valence-electron chi connectivity index (χ0n) is 22.2.